The van der Waals surface area contributed by atoms with Crippen molar-refractivity contribution in [1.29, 1.82) is 0 Å². The lowest BCUT2D eigenvalue weighted by Gasteiger charge is -2.26. The fourth-order valence-electron chi connectivity index (χ4n) is 4.68. The smallest absolute Gasteiger partial charge is 0.0575 e. The van der Waals surface area contributed by atoms with Crippen molar-refractivity contribution in [3.63, 3.8) is 0 Å². The van der Waals surface area contributed by atoms with Crippen molar-refractivity contribution in [2.75, 3.05) is 6.61 Å². The van der Waals surface area contributed by atoms with Gasteiger partial charge in [0.15, 0.2) is 0 Å². The molecule has 2 saturated carbocycles. The van der Waals surface area contributed by atoms with E-state index in [9.17, 15) is 0 Å². The molecular weight excluding hydrogens is 328 g/mol. The van der Waals surface area contributed by atoms with Crippen molar-refractivity contribution in [3.8, 4) is 11.8 Å². The molecule has 2 fully saturated rings. The first-order valence-corrected chi connectivity index (χ1v) is 11.8. The van der Waals surface area contributed by atoms with Gasteiger partial charge in [-0.1, -0.05) is 63.0 Å². The van der Waals surface area contributed by atoms with E-state index in [0.717, 1.165) is 18.4 Å². The Bertz CT molecular complexity index is 476. The zero-order valence-corrected chi connectivity index (χ0v) is 17.9. The maximum absolute atomic E-state index is 5.72. The minimum absolute atomic E-state index is 0.500. The molecule has 1 nitrogen and oxygen atoms in total. The SMILES string of the molecule is CCCCCC[C@H]1CC[C@H](C=CC#CC=C[C@H]2CC[C@H](OCC)CC2)CC1. The number of allylic oxidation sites excluding steroid dienone is 4. The van der Waals surface area contributed by atoms with Crippen LogP contribution in [0.4, 0.5) is 0 Å². The number of hydrogen-bond donors (Lipinski definition) is 0. The molecule has 0 amide bonds. The molecule has 27 heavy (non-hydrogen) atoms. The maximum Gasteiger partial charge on any atom is 0.0575 e. The van der Waals surface area contributed by atoms with E-state index in [2.05, 4.69) is 50.0 Å². The summed E-state index contributed by atoms with van der Waals surface area (Å²) in [6, 6.07) is 0. The highest BCUT2D eigenvalue weighted by atomic mass is 16.5. The summed E-state index contributed by atoms with van der Waals surface area (Å²) in [5.74, 6) is 8.90. The summed E-state index contributed by atoms with van der Waals surface area (Å²) < 4.78 is 5.72. The van der Waals surface area contributed by atoms with E-state index < -0.39 is 0 Å². The van der Waals surface area contributed by atoms with Gasteiger partial charge in [0, 0.05) is 6.61 Å². The number of hydrogen-bond acceptors (Lipinski definition) is 1. The average molecular weight is 371 g/mol. The molecule has 0 unspecified atom stereocenters. The summed E-state index contributed by atoms with van der Waals surface area (Å²) in [7, 11) is 0. The summed E-state index contributed by atoms with van der Waals surface area (Å²) in [5.41, 5.74) is 0. The Morgan fingerprint density at radius 1 is 0.741 bits per heavy atom. The zero-order valence-electron chi connectivity index (χ0n) is 17.9. The van der Waals surface area contributed by atoms with Gasteiger partial charge in [-0.15, -0.1) is 0 Å². The zero-order chi connectivity index (χ0) is 19.2. The second kappa shape index (κ2) is 14.1. The van der Waals surface area contributed by atoms with Crippen molar-refractivity contribution < 1.29 is 4.74 Å². The highest BCUT2D eigenvalue weighted by molar-refractivity contribution is 5.24. The maximum atomic E-state index is 5.72. The van der Waals surface area contributed by atoms with Gasteiger partial charge in [-0.25, -0.2) is 0 Å². The van der Waals surface area contributed by atoms with Crippen LogP contribution >= 0.6 is 0 Å². The Kier molecular flexibility index (Phi) is 11.6. The number of unbranched alkanes of at least 4 members (excludes halogenated alkanes) is 3. The third kappa shape index (κ3) is 9.66. The standard InChI is InChI=1S/C26H42O/c1-3-5-6-9-12-23-15-17-24(18-16-23)13-10-7-8-11-14-25-19-21-26(22-20-25)27-4-2/h10-11,13-14,23-26H,3-6,9,12,15-22H2,1-2H3/t23-,24-,25-,26-. The second-order valence-electron chi connectivity index (χ2n) is 8.63. The van der Waals surface area contributed by atoms with Crippen LogP contribution in [0.25, 0.3) is 0 Å². The molecule has 2 aliphatic rings. The molecule has 1 heteroatoms. The average Bonchev–Trinajstić information content (AvgIpc) is 2.70. The quantitative estimate of drug-likeness (QED) is 0.302. The van der Waals surface area contributed by atoms with Crippen molar-refractivity contribution >= 4 is 0 Å². The summed E-state index contributed by atoms with van der Waals surface area (Å²) in [6.45, 7) is 5.24. The molecule has 0 aliphatic heterocycles. The molecule has 0 aromatic carbocycles. The molecule has 0 aromatic rings. The van der Waals surface area contributed by atoms with Gasteiger partial charge in [0.05, 0.1) is 6.10 Å². The van der Waals surface area contributed by atoms with Crippen LogP contribution in [0.3, 0.4) is 0 Å². The minimum Gasteiger partial charge on any atom is -0.379 e. The lowest BCUT2D eigenvalue weighted by atomic mass is 9.79. The molecule has 2 rings (SSSR count). The van der Waals surface area contributed by atoms with Crippen LogP contribution in [0, 0.1) is 29.6 Å². The highest BCUT2D eigenvalue weighted by Gasteiger charge is 2.19. The first-order chi connectivity index (χ1) is 13.3. The Balaban J connectivity index is 1.56. The largest absolute Gasteiger partial charge is 0.379 e. The lowest BCUT2D eigenvalue weighted by Crippen LogP contribution is -2.20. The van der Waals surface area contributed by atoms with E-state index in [1.54, 1.807) is 0 Å². The van der Waals surface area contributed by atoms with Gasteiger partial charge < -0.3 is 4.74 Å². The summed E-state index contributed by atoms with van der Waals surface area (Å²) in [6.07, 6.45) is 27.0. The van der Waals surface area contributed by atoms with Crippen LogP contribution in [-0.2, 0) is 4.74 Å². The van der Waals surface area contributed by atoms with E-state index in [1.807, 2.05) is 0 Å². The summed E-state index contributed by atoms with van der Waals surface area (Å²) >= 11 is 0. The fourth-order valence-corrected chi connectivity index (χ4v) is 4.68. The van der Waals surface area contributed by atoms with Crippen molar-refractivity contribution in [1.82, 2.24) is 0 Å². The number of rotatable bonds is 9. The molecule has 2 aliphatic carbocycles. The van der Waals surface area contributed by atoms with Crippen LogP contribution in [-0.4, -0.2) is 12.7 Å². The monoisotopic (exact) mass is 370 g/mol. The predicted octanol–water partition coefficient (Wildman–Crippen LogP) is 7.47. The molecule has 0 N–H and O–H groups in total. The molecule has 0 heterocycles. The van der Waals surface area contributed by atoms with Gasteiger partial charge in [0.1, 0.15) is 0 Å². The molecule has 0 spiro atoms. The van der Waals surface area contributed by atoms with Gasteiger partial charge in [0.25, 0.3) is 0 Å². The van der Waals surface area contributed by atoms with E-state index in [0.29, 0.717) is 12.0 Å². The van der Waals surface area contributed by atoms with E-state index in [-0.39, 0.29) is 0 Å². The van der Waals surface area contributed by atoms with Crippen LogP contribution in [0.5, 0.6) is 0 Å². The number of ether oxygens (including phenoxy) is 1. The Hall–Kier alpha value is -1.00. The van der Waals surface area contributed by atoms with E-state index in [4.69, 9.17) is 4.74 Å². The third-order valence-corrected chi connectivity index (χ3v) is 6.47. The molecule has 0 bridgehead atoms. The highest BCUT2D eigenvalue weighted by Crippen LogP contribution is 2.32. The topological polar surface area (TPSA) is 9.23 Å². The first-order valence-electron chi connectivity index (χ1n) is 11.8. The van der Waals surface area contributed by atoms with E-state index in [1.165, 1.54) is 83.5 Å². The van der Waals surface area contributed by atoms with Crippen molar-refractivity contribution in [2.24, 2.45) is 17.8 Å². The Labute approximate surface area is 169 Å². The van der Waals surface area contributed by atoms with Crippen molar-refractivity contribution in [3.05, 3.63) is 24.3 Å². The van der Waals surface area contributed by atoms with E-state index >= 15 is 0 Å². The van der Waals surface area contributed by atoms with Gasteiger partial charge in [-0.3, -0.25) is 0 Å². The summed E-state index contributed by atoms with van der Waals surface area (Å²) in [4.78, 5) is 0. The molecule has 0 atom stereocenters. The molecule has 0 saturated heterocycles. The minimum atomic E-state index is 0.500. The van der Waals surface area contributed by atoms with Crippen molar-refractivity contribution in [2.45, 2.75) is 103 Å². The third-order valence-electron chi connectivity index (χ3n) is 6.47. The van der Waals surface area contributed by atoms with Crippen LogP contribution in [0.2, 0.25) is 0 Å². The molecular formula is C26H42O. The van der Waals surface area contributed by atoms with Crippen LogP contribution in [0.1, 0.15) is 97.3 Å². The predicted molar refractivity (Wildman–Crippen MR) is 118 cm³/mol. The Morgan fingerprint density at radius 2 is 1.33 bits per heavy atom. The van der Waals surface area contributed by atoms with Gasteiger partial charge in [-0.05, 0) is 88.2 Å². The van der Waals surface area contributed by atoms with Gasteiger partial charge in [0.2, 0.25) is 0 Å². The first kappa shape index (κ1) is 22.3. The summed E-state index contributed by atoms with van der Waals surface area (Å²) in [5, 5.41) is 0. The molecule has 0 radical (unpaired) electrons. The van der Waals surface area contributed by atoms with Gasteiger partial charge in [-0.2, -0.15) is 0 Å². The Morgan fingerprint density at radius 3 is 1.89 bits per heavy atom. The molecule has 0 aromatic heterocycles. The lowest BCUT2D eigenvalue weighted by molar-refractivity contribution is 0.0302. The van der Waals surface area contributed by atoms with Crippen LogP contribution < -0.4 is 0 Å². The van der Waals surface area contributed by atoms with Crippen LogP contribution in [0.15, 0.2) is 24.3 Å². The fraction of sp³-hybridized carbons (Fsp3) is 0.769. The second-order valence-corrected chi connectivity index (χ2v) is 8.63. The van der Waals surface area contributed by atoms with Gasteiger partial charge >= 0.3 is 0 Å². The normalized spacial score (nSPS) is 29.1. The molecule has 152 valence electrons.